The number of nitrogens with one attached hydrogen (secondary N) is 7. The van der Waals surface area contributed by atoms with E-state index in [0.29, 0.717) is 37.8 Å². The van der Waals surface area contributed by atoms with E-state index in [1.807, 2.05) is 13.0 Å². The summed E-state index contributed by atoms with van der Waals surface area (Å²) in [5.41, 5.74) is 12.5. The summed E-state index contributed by atoms with van der Waals surface area (Å²) in [7, 11) is 0. The average molecular weight is 873 g/mol. The molecule has 12 N–H and O–H groups in total. The van der Waals surface area contributed by atoms with Gasteiger partial charge < -0.3 is 53.5 Å². The second-order valence-electron chi connectivity index (χ2n) is 15.2. The van der Waals surface area contributed by atoms with Gasteiger partial charge in [-0.25, -0.2) is 4.98 Å². The van der Waals surface area contributed by atoms with Crippen LogP contribution in [0.5, 0.6) is 0 Å². The van der Waals surface area contributed by atoms with Gasteiger partial charge in [-0.1, -0.05) is 77.3 Å². The number of H-pyrrole nitrogens is 1. The molecule has 0 saturated heterocycles. The summed E-state index contributed by atoms with van der Waals surface area (Å²) in [6.45, 7) is 7.31. The molecule has 0 unspecified atom stereocenters. The lowest BCUT2D eigenvalue weighted by atomic mass is 9.96. The Morgan fingerprint density at radius 3 is 1.82 bits per heavy atom. The predicted molar refractivity (Wildman–Crippen MR) is 230 cm³/mol. The summed E-state index contributed by atoms with van der Waals surface area (Å²) in [5.74, 6) is -6.56. The lowest BCUT2D eigenvalue weighted by molar-refractivity contribution is -0.137. The number of carbonyl (C=O) groups is 8. The number of nitrogens with zero attached hydrogens (tertiary/aromatic N) is 1. The molecule has 61 heavy (non-hydrogen) atoms. The molecule has 1 heterocycles. The van der Waals surface area contributed by atoms with E-state index in [9.17, 15) is 38.4 Å². The van der Waals surface area contributed by atoms with Gasteiger partial charge in [0, 0.05) is 49.9 Å². The molecule has 20 heteroatoms. The summed E-state index contributed by atoms with van der Waals surface area (Å²) < 4.78 is 0. The molecule has 0 bridgehead atoms. The van der Waals surface area contributed by atoms with Crippen LogP contribution in [-0.4, -0.2) is 111 Å². The Balaban J connectivity index is 2.37. The van der Waals surface area contributed by atoms with Crippen molar-refractivity contribution in [3.8, 4) is 0 Å². The molecule has 8 atom stereocenters. The number of rotatable bonds is 29. The largest absolute Gasteiger partial charge is 0.481 e. The van der Waals surface area contributed by atoms with Crippen LogP contribution in [0.4, 0.5) is 0 Å². The molecule has 0 fully saturated rings. The zero-order valence-electron chi connectivity index (χ0n) is 35.4. The molecule has 2 aromatic rings. The Bertz CT molecular complexity index is 1730. The number of thiol groups is 1. The van der Waals surface area contributed by atoms with Crippen molar-refractivity contribution in [2.75, 3.05) is 12.3 Å². The quantitative estimate of drug-likeness (QED) is 0.0382. The van der Waals surface area contributed by atoms with Gasteiger partial charge in [-0.3, -0.25) is 38.4 Å². The van der Waals surface area contributed by atoms with Crippen LogP contribution in [0.1, 0.15) is 90.3 Å². The summed E-state index contributed by atoms with van der Waals surface area (Å²) in [6.07, 6.45) is 4.87. The van der Waals surface area contributed by atoms with Gasteiger partial charge in [0.15, 0.2) is 0 Å². The Morgan fingerprint density at radius 2 is 1.28 bits per heavy atom. The van der Waals surface area contributed by atoms with E-state index >= 15 is 0 Å². The van der Waals surface area contributed by atoms with Gasteiger partial charge in [0.2, 0.25) is 41.4 Å². The van der Waals surface area contributed by atoms with E-state index in [-0.39, 0.29) is 50.3 Å². The van der Waals surface area contributed by atoms with Gasteiger partial charge in [0.25, 0.3) is 0 Å². The molecule has 0 aliphatic heterocycles. The Labute approximate surface area is 362 Å². The number of hydrogen-bond donors (Lipinski definition) is 11. The van der Waals surface area contributed by atoms with Crippen LogP contribution in [0.25, 0.3) is 0 Å². The number of carboxylic acids is 1. The second kappa shape index (κ2) is 27.4. The van der Waals surface area contributed by atoms with Crippen molar-refractivity contribution in [3.63, 3.8) is 0 Å². The maximum absolute atomic E-state index is 14.2. The van der Waals surface area contributed by atoms with Crippen LogP contribution in [0.2, 0.25) is 0 Å². The molecule has 19 nitrogen and oxygen atoms in total. The summed E-state index contributed by atoms with van der Waals surface area (Å²) in [4.78, 5) is 112. The van der Waals surface area contributed by atoms with Crippen LogP contribution < -0.4 is 43.4 Å². The molecular formula is C41H64N10O9S. The van der Waals surface area contributed by atoms with E-state index in [0.717, 1.165) is 5.56 Å². The zero-order chi connectivity index (χ0) is 45.5. The summed E-state index contributed by atoms with van der Waals surface area (Å²) in [5, 5.41) is 25.2. The standard InChI is InChI=1S/C41H64N10O9S/c1-5-24(3)34(50-36(55)28(42)22-61)40(59)47-29(16-17-32(43)52)38(57)51-35(25(4)6-2)41(60)49-31(20-27-21-44-23-46-27)39(58)48-30(19-26-13-9-7-10-14-26)37(56)45-18-12-8-11-15-33(53)54/h7,9-10,13-14,21,23-25,28-31,34-35,61H,5-6,8,11-12,15-20,22,42H2,1-4H3,(H2,43,52)(H,44,46)(H,45,56)(H,47,59)(H,48,58)(H,49,60)(H,50,55)(H,51,57)(H,53,54)/t24-,25-,28-,29-,30-,31-,34-,35-/m0/s1. The first kappa shape index (κ1) is 51.6. The first-order valence-corrected chi connectivity index (χ1v) is 21.3. The number of benzene rings is 1. The van der Waals surface area contributed by atoms with E-state index < -0.39 is 89.5 Å². The number of aromatic amines is 1. The highest BCUT2D eigenvalue weighted by atomic mass is 32.1. The van der Waals surface area contributed by atoms with Gasteiger partial charge in [0.1, 0.15) is 30.2 Å². The lowest BCUT2D eigenvalue weighted by Gasteiger charge is -2.30. The minimum absolute atomic E-state index is 0.0188. The normalized spacial score (nSPS) is 15.0. The van der Waals surface area contributed by atoms with Crippen LogP contribution in [0, 0.1) is 11.8 Å². The number of hydrogen-bond acceptors (Lipinski definition) is 11. The molecule has 7 amide bonds. The van der Waals surface area contributed by atoms with Crippen LogP contribution in [-0.2, 0) is 51.2 Å². The van der Waals surface area contributed by atoms with E-state index in [1.165, 1.54) is 12.5 Å². The molecule has 2 rings (SSSR count). The number of unbranched alkanes of at least 4 members (excludes halogenated alkanes) is 2. The van der Waals surface area contributed by atoms with Gasteiger partial charge in [-0.05, 0) is 36.7 Å². The van der Waals surface area contributed by atoms with E-state index in [2.05, 4.69) is 54.5 Å². The highest BCUT2D eigenvalue weighted by Gasteiger charge is 2.36. The topological polar surface area (TPSA) is 310 Å². The van der Waals surface area contributed by atoms with Gasteiger partial charge in [-0.2, -0.15) is 12.6 Å². The van der Waals surface area contributed by atoms with Gasteiger partial charge in [0.05, 0.1) is 12.4 Å². The molecule has 0 saturated carbocycles. The second-order valence-corrected chi connectivity index (χ2v) is 15.6. The minimum atomic E-state index is -1.36. The highest BCUT2D eigenvalue weighted by Crippen LogP contribution is 2.14. The van der Waals surface area contributed by atoms with Crippen molar-refractivity contribution in [1.82, 2.24) is 41.9 Å². The molecule has 0 aliphatic rings. The fourth-order valence-electron chi connectivity index (χ4n) is 6.15. The zero-order valence-corrected chi connectivity index (χ0v) is 36.3. The SMILES string of the molecule is CC[C@H](C)[C@H](NC(=O)[C@H](CCC(N)=O)NC(=O)[C@@H](NC(=O)[C@@H](N)CS)[C@@H](C)CC)C(=O)N[C@@H](Cc1cnc[nH]1)C(=O)N[C@@H](Cc1ccccc1)C(=O)NCCCCCC(=O)O. The van der Waals surface area contributed by atoms with Gasteiger partial charge >= 0.3 is 5.97 Å². The molecule has 1 aromatic heterocycles. The van der Waals surface area contributed by atoms with Crippen molar-refractivity contribution >= 4 is 59.9 Å². The van der Waals surface area contributed by atoms with Crippen LogP contribution in [0.15, 0.2) is 42.9 Å². The van der Waals surface area contributed by atoms with Crippen molar-refractivity contribution in [2.24, 2.45) is 23.3 Å². The van der Waals surface area contributed by atoms with Gasteiger partial charge in [-0.15, -0.1) is 0 Å². The summed E-state index contributed by atoms with van der Waals surface area (Å²) in [6, 6.07) is 1.99. The average Bonchev–Trinajstić information content (AvgIpc) is 3.76. The number of aliphatic carboxylic acids is 1. The third-order valence-corrected chi connectivity index (χ3v) is 10.7. The van der Waals surface area contributed by atoms with Crippen LogP contribution >= 0.6 is 12.6 Å². The summed E-state index contributed by atoms with van der Waals surface area (Å²) >= 11 is 4.05. The smallest absolute Gasteiger partial charge is 0.303 e. The number of imidazole rings is 1. The fourth-order valence-corrected chi connectivity index (χ4v) is 6.31. The first-order chi connectivity index (χ1) is 29.0. The molecular weight excluding hydrogens is 809 g/mol. The maximum atomic E-state index is 14.2. The van der Waals surface area contributed by atoms with Crippen LogP contribution in [0.3, 0.4) is 0 Å². The highest BCUT2D eigenvalue weighted by molar-refractivity contribution is 7.80. The molecule has 0 radical (unpaired) electrons. The Morgan fingerprint density at radius 1 is 0.721 bits per heavy atom. The number of carboxylic acid groups (broad SMARTS) is 1. The monoisotopic (exact) mass is 872 g/mol. The first-order valence-electron chi connectivity index (χ1n) is 20.7. The molecule has 0 aliphatic carbocycles. The number of carbonyl (C=O) groups excluding carboxylic acids is 7. The van der Waals surface area contributed by atoms with E-state index in [4.69, 9.17) is 16.6 Å². The third kappa shape index (κ3) is 18.8. The number of primary amides is 1. The third-order valence-electron chi connectivity index (χ3n) is 10.3. The number of aromatic nitrogens is 2. The van der Waals surface area contributed by atoms with Crippen molar-refractivity contribution in [1.29, 1.82) is 0 Å². The van der Waals surface area contributed by atoms with Crippen molar-refractivity contribution in [2.45, 2.75) is 128 Å². The van der Waals surface area contributed by atoms with Crippen molar-refractivity contribution < 1.29 is 43.5 Å². The Kier molecular flexibility index (Phi) is 23.2. The number of amides is 7. The maximum Gasteiger partial charge on any atom is 0.303 e. The number of nitrogens with two attached hydrogens (primary N) is 2. The fraction of sp³-hybridized carbons (Fsp3) is 0.585. The van der Waals surface area contributed by atoms with Crippen molar-refractivity contribution in [3.05, 3.63) is 54.1 Å². The Hall–Kier alpha value is -5.50. The predicted octanol–water partition coefficient (Wildman–Crippen LogP) is -0.00510. The molecule has 338 valence electrons. The minimum Gasteiger partial charge on any atom is -0.481 e. The van der Waals surface area contributed by atoms with E-state index in [1.54, 1.807) is 45.0 Å². The lowest BCUT2D eigenvalue weighted by Crippen LogP contribution is -2.61. The molecule has 0 spiro atoms. The molecule has 1 aromatic carbocycles.